The predicted octanol–water partition coefficient (Wildman–Crippen LogP) is 2.78. The number of nitrogens with one attached hydrogen (secondary N) is 1. The van der Waals surface area contributed by atoms with E-state index in [9.17, 15) is 14.4 Å². The second-order valence-corrected chi connectivity index (χ2v) is 7.88. The van der Waals surface area contributed by atoms with Crippen molar-refractivity contribution >= 4 is 44.6 Å². The fourth-order valence-corrected chi connectivity index (χ4v) is 4.26. The molecular formula is C25H34N2O4S2. The largest absolute Gasteiger partial charge is 0.368 e. The summed E-state index contributed by atoms with van der Waals surface area (Å²) in [6, 6.07) is 18.2. The highest BCUT2D eigenvalue weighted by Gasteiger charge is 2.47. The average molecular weight is 491 g/mol. The summed E-state index contributed by atoms with van der Waals surface area (Å²) in [5.74, 6) is -0.434. The Hall–Kier alpha value is -2.29. The lowest BCUT2D eigenvalue weighted by atomic mass is 10.0. The van der Waals surface area contributed by atoms with Crippen LogP contribution in [0.25, 0.3) is 0 Å². The maximum atomic E-state index is 13.4. The van der Waals surface area contributed by atoms with E-state index < -0.39 is 12.1 Å². The first-order valence-electron chi connectivity index (χ1n) is 10.4. The number of hydrogen-bond acceptors (Lipinski definition) is 4. The maximum Gasteiger partial charge on any atom is 0.246 e. The molecule has 2 aromatic carbocycles. The zero-order valence-electron chi connectivity index (χ0n) is 17.8. The molecule has 2 aliphatic rings. The number of rotatable bonds is 7. The molecule has 0 saturated carbocycles. The summed E-state index contributed by atoms with van der Waals surface area (Å²) in [4.78, 5) is 39.8. The van der Waals surface area contributed by atoms with E-state index in [4.69, 9.17) is 4.74 Å². The first kappa shape index (κ1) is 28.7. The number of amides is 2. The van der Waals surface area contributed by atoms with Gasteiger partial charge in [-0.3, -0.25) is 14.4 Å². The summed E-state index contributed by atoms with van der Waals surface area (Å²) < 4.78 is 5.51. The highest BCUT2D eigenvalue weighted by molar-refractivity contribution is 7.59. The topological polar surface area (TPSA) is 75.7 Å². The van der Waals surface area contributed by atoms with Gasteiger partial charge in [0.05, 0.1) is 6.10 Å². The normalized spacial score (nSPS) is 19.4. The van der Waals surface area contributed by atoms with E-state index in [2.05, 4.69) is 5.32 Å². The fourth-order valence-electron chi connectivity index (χ4n) is 4.26. The van der Waals surface area contributed by atoms with Crippen molar-refractivity contribution in [3.8, 4) is 0 Å². The number of ether oxygens (including phenoxy) is 1. The molecule has 6 nitrogen and oxygen atoms in total. The smallest absolute Gasteiger partial charge is 0.246 e. The monoisotopic (exact) mass is 490 g/mol. The number of fused-ring (bicyclic) bond motifs is 1. The molecular weight excluding hydrogens is 456 g/mol. The van der Waals surface area contributed by atoms with Crippen LogP contribution in [-0.4, -0.2) is 53.8 Å². The first-order valence-corrected chi connectivity index (χ1v) is 10.4. The van der Waals surface area contributed by atoms with Gasteiger partial charge in [0.1, 0.15) is 18.7 Å². The minimum absolute atomic E-state index is 0. The van der Waals surface area contributed by atoms with Gasteiger partial charge >= 0.3 is 0 Å². The van der Waals surface area contributed by atoms with Crippen LogP contribution in [0.1, 0.15) is 31.4 Å². The number of benzene rings is 2. The number of likely N-dealkylation sites (tertiary alicyclic amines) is 1. The van der Waals surface area contributed by atoms with E-state index in [1.807, 2.05) is 60.7 Å². The molecule has 1 N–H and O–H groups in total. The zero-order chi connectivity index (χ0) is 20.9. The number of aryl methyl sites for hydroxylation is 1. The molecule has 2 saturated heterocycles. The van der Waals surface area contributed by atoms with Crippen molar-refractivity contribution in [2.24, 2.45) is 0 Å². The first-order chi connectivity index (χ1) is 14.6. The molecule has 2 fully saturated rings. The molecule has 2 amide bonds. The van der Waals surface area contributed by atoms with E-state index in [1.54, 1.807) is 4.90 Å². The van der Waals surface area contributed by atoms with Gasteiger partial charge in [-0.25, -0.2) is 0 Å². The number of hydrogen-bond donors (Lipinski definition) is 1. The Morgan fingerprint density at radius 3 is 2.24 bits per heavy atom. The van der Waals surface area contributed by atoms with E-state index in [0.717, 1.165) is 11.1 Å². The lowest BCUT2D eigenvalue weighted by molar-refractivity contribution is -0.139. The minimum Gasteiger partial charge on any atom is -0.368 e. The third kappa shape index (κ3) is 7.09. The van der Waals surface area contributed by atoms with Crippen LogP contribution in [0.2, 0.25) is 0 Å². The molecule has 2 heterocycles. The summed E-state index contributed by atoms with van der Waals surface area (Å²) in [5, 5.41) is 2.92. The molecule has 0 aliphatic carbocycles. The van der Waals surface area contributed by atoms with E-state index in [1.165, 1.54) is 0 Å². The van der Waals surface area contributed by atoms with Gasteiger partial charge in [0, 0.05) is 19.4 Å². The second kappa shape index (κ2) is 13.4. The third-order valence-electron chi connectivity index (χ3n) is 5.79. The second-order valence-electron chi connectivity index (χ2n) is 7.88. The van der Waals surface area contributed by atoms with Gasteiger partial charge in [0.2, 0.25) is 11.8 Å². The van der Waals surface area contributed by atoms with Crippen LogP contribution < -0.4 is 5.32 Å². The molecule has 0 radical (unpaired) electrons. The number of Topliss-reactive ketones (excluding diaryl/α,β-unsaturated/α-hetero) is 1. The van der Waals surface area contributed by atoms with Gasteiger partial charge < -0.3 is 15.0 Å². The summed E-state index contributed by atoms with van der Waals surface area (Å²) >= 11 is 0. The summed E-state index contributed by atoms with van der Waals surface area (Å²) in [7, 11) is 0. The molecule has 3 atom stereocenters. The van der Waals surface area contributed by atoms with Gasteiger partial charge in [0.25, 0.3) is 0 Å². The van der Waals surface area contributed by atoms with Crippen LogP contribution in [-0.2, 0) is 32.0 Å². The van der Waals surface area contributed by atoms with Crippen LogP contribution in [0.5, 0.6) is 0 Å². The Morgan fingerprint density at radius 2 is 1.61 bits per heavy atom. The van der Waals surface area contributed by atoms with E-state index >= 15 is 0 Å². The molecule has 0 spiro atoms. The van der Waals surface area contributed by atoms with Crippen LogP contribution in [0.3, 0.4) is 0 Å². The minimum atomic E-state index is -0.706. The third-order valence-corrected chi connectivity index (χ3v) is 5.79. The standard InChI is InChI=1S/C24H26N2O4.CH4.2H2S/c27-20-16-30-21-13-14-26(23(20)21)24(29)19(15-18-9-5-2-6-10-18)25-22(28)12-11-17-7-3-1-4-8-17;;;/h1-10,19,21,23H,11-16H2,(H,25,28);1H4;2*1H2/t19-,21+,23+;;;/m0.../s1. The summed E-state index contributed by atoms with van der Waals surface area (Å²) in [5.41, 5.74) is 2.04. The van der Waals surface area contributed by atoms with Crippen LogP contribution in [0.15, 0.2) is 60.7 Å². The van der Waals surface area contributed by atoms with Crippen LogP contribution >= 0.6 is 27.0 Å². The molecule has 2 aliphatic heterocycles. The maximum absolute atomic E-state index is 13.4. The molecule has 2 aromatic rings. The van der Waals surface area contributed by atoms with Gasteiger partial charge in [-0.15, -0.1) is 0 Å². The lowest BCUT2D eigenvalue weighted by Crippen LogP contribution is -2.53. The van der Waals surface area contributed by atoms with Crippen molar-refractivity contribution in [3.63, 3.8) is 0 Å². The van der Waals surface area contributed by atoms with E-state index in [-0.39, 0.29) is 64.7 Å². The molecule has 0 bridgehead atoms. The highest BCUT2D eigenvalue weighted by Crippen LogP contribution is 2.27. The van der Waals surface area contributed by atoms with Gasteiger partial charge in [-0.1, -0.05) is 68.1 Å². The molecule has 4 rings (SSSR count). The number of carbonyl (C=O) groups excluding carboxylic acids is 3. The molecule has 0 aromatic heterocycles. The molecule has 0 unspecified atom stereocenters. The van der Waals surface area contributed by atoms with Crippen LogP contribution in [0, 0.1) is 0 Å². The molecule has 33 heavy (non-hydrogen) atoms. The summed E-state index contributed by atoms with van der Waals surface area (Å²) in [6.45, 7) is 0.539. The number of carbonyl (C=O) groups is 3. The summed E-state index contributed by atoms with van der Waals surface area (Å²) in [6.07, 6.45) is 1.74. The number of nitrogens with zero attached hydrogens (tertiary/aromatic N) is 1. The SMILES string of the molecule is C.O=C(CCc1ccccc1)N[C@@H](Cc1ccccc1)C(=O)N1CC[C@H]2OCC(=O)[C@H]21.S.S. The van der Waals surface area contributed by atoms with Crippen molar-refractivity contribution in [2.75, 3.05) is 13.2 Å². The Labute approximate surface area is 210 Å². The van der Waals surface area contributed by atoms with Gasteiger partial charge in [-0.2, -0.15) is 27.0 Å². The van der Waals surface area contributed by atoms with E-state index in [0.29, 0.717) is 32.2 Å². The van der Waals surface area contributed by atoms with Crippen molar-refractivity contribution in [2.45, 2.75) is 51.3 Å². The number of ketones is 1. The Balaban J connectivity index is 0.00000181. The Kier molecular flexibility index (Phi) is 11.7. The fraction of sp³-hybridized carbons (Fsp3) is 0.400. The van der Waals surface area contributed by atoms with Crippen molar-refractivity contribution < 1.29 is 19.1 Å². The Bertz CT molecular complexity index is 911. The zero-order valence-corrected chi connectivity index (χ0v) is 19.8. The van der Waals surface area contributed by atoms with Crippen molar-refractivity contribution in [3.05, 3.63) is 71.8 Å². The van der Waals surface area contributed by atoms with Gasteiger partial charge in [-0.05, 0) is 24.0 Å². The Morgan fingerprint density at radius 1 is 1.00 bits per heavy atom. The molecule has 8 heteroatoms. The predicted molar refractivity (Wildman–Crippen MR) is 139 cm³/mol. The quantitative estimate of drug-likeness (QED) is 0.648. The highest BCUT2D eigenvalue weighted by atomic mass is 32.1. The molecule has 180 valence electrons. The van der Waals surface area contributed by atoms with Crippen LogP contribution in [0.4, 0.5) is 0 Å². The van der Waals surface area contributed by atoms with Gasteiger partial charge in [0.15, 0.2) is 5.78 Å². The van der Waals surface area contributed by atoms with Crippen molar-refractivity contribution in [1.82, 2.24) is 10.2 Å². The van der Waals surface area contributed by atoms with Crippen molar-refractivity contribution in [1.29, 1.82) is 0 Å². The lowest BCUT2D eigenvalue weighted by Gasteiger charge is -2.27. The average Bonchev–Trinajstić information content (AvgIpc) is 3.36.